The third-order valence-electron chi connectivity index (χ3n) is 4.75. The summed E-state index contributed by atoms with van der Waals surface area (Å²) in [6.07, 6.45) is 1.47. The highest BCUT2D eigenvalue weighted by molar-refractivity contribution is 5.79. The van der Waals surface area contributed by atoms with Gasteiger partial charge in [-0.05, 0) is 36.0 Å². The van der Waals surface area contributed by atoms with Crippen molar-refractivity contribution in [3.05, 3.63) is 29.8 Å². The van der Waals surface area contributed by atoms with Gasteiger partial charge in [0.25, 0.3) is 0 Å². The maximum atomic E-state index is 12.5. The van der Waals surface area contributed by atoms with Crippen molar-refractivity contribution >= 4 is 5.91 Å². The number of aromatic hydroxyl groups is 1. The van der Waals surface area contributed by atoms with Crippen LogP contribution in [0.5, 0.6) is 5.75 Å². The first-order chi connectivity index (χ1) is 9.69. The van der Waals surface area contributed by atoms with Gasteiger partial charge in [-0.2, -0.15) is 0 Å². The quantitative estimate of drug-likeness (QED) is 0.876. The minimum absolute atomic E-state index is 0.219. The molecule has 1 aromatic carbocycles. The van der Waals surface area contributed by atoms with Crippen molar-refractivity contribution < 1.29 is 9.90 Å². The van der Waals surface area contributed by atoms with Crippen molar-refractivity contribution in [1.29, 1.82) is 0 Å². The molecule has 3 rings (SSSR count). The number of amides is 1. The van der Waals surface area contributed by atoms with Crippen LogP contribution >= 0.6 is 0 Å². The van der Waals surface area contributed by atoms with Gasteiger partial charge in [0.05, 0.1) is 6.42 Å². The first kappa shape index (κ1) is 13.4. The Bertz CT molecular complexity index is 486. The number of fused-ring (bicyclic) bond motifs is 1. The molecule has 0 radical (unpaired) electrons. The minimum atomic E-state index is 0.219. The van der Waals surface area contributed by atoms with Gasteiger partial charge in [0, 0.05) is 25.7 Å². The highest BCUT2D eigenvalue weighted by Gasteiger charge is 2.44. The molecule has 2 N–H and O–H groups in total. The van der Waals surface area contributed by atoms with Gasteiger partial charge >= 0.3 is 0 Å². The fraction of sp³-hybridized carbons (Fsp3) is 0.562. The van der Waals surface area contributed by atoms with E-state index in [1.807, 2.05) is 12.1 Å². The molecule has 0 spiro atoms. The lowest BCUT2D eigenvalue weighted by Crippen LogP contribution is -2.40. The first-order valence-electron chi connectivity index (χ1n) is 7.47. The number of rotatable bonds is 3. The van der Waals surface area contributed by atoms with E-state index in [9.17, 15) is 9.90 Å². The molecule has 1 amide bonds. The van der Waals surface area contributed by atoms with Crippen molar-refractivity contribution in [1.82, 2.24) is 10.2 Å². The lowest BCUT2D eigenvalue weighted by atomic mass is 9.93. The zero-order valence-electron chi connectivity index (χ0n) is 11.9. The van der Waals surface area contributed by atoms with Crippen LogP contribution in [0.3, 0.4) is 0 Å². The molecular formula is C16H22N2O2. The molecule has 4 nitrogen and oxygen atoms in total. The second-order valence-electron chi connectivity index (χ2n) is 5.95. The summed E-state index contributed by atoms with van der Waals surface area (Å²) < 4.78 is 0. The summed E-state index contributed by atoms with van der Waals surface area (Å²) in [6, 6.07) is 7.32. The maximum Gasteiger partial charge on any atom is 0.227 e. The van der Waals surface area contributed by atoms with Crippen LogP contribution in [0.25, 0.3) is 0 Å². The number of carbonyl (C=O) groups excluding carboxylic acids is 1. The number of likely N-dealkylation sites (tertiary alicyclic amines) is 1. The molecule has 0 bridgehead atoms. The summed E-state index contributed by atoms with van der Waals surface area (Å²) in [4.78, 5) is 14.6. The number of carbonyl (C=O) groups is 1. The minimum Gasteiger partial charge on any atom is -0.508 e. The average molecular weight is 274 g/mol. The molecule has 0 aromatic heterocycles. The van der Waals surface area contributed by atoms with E-state index < -0.39 is 0 Å². The smallest absolute Gasteiger partial charge is 0.227 e. The predicted octanol–water partition coefficient (Wildman–Crippen LogP) is 1.39. The monoisotopic (exact) mass is 274 g/mol. The molecule has 2 saturated heterocycles. The third-order valence-corrected chi connectivity index (χ3v) is 4.75. The lowest BCUT2D eigenvalue weighted by molar-refractivity contribution is -0.131. The molecule has 4 heteroatoms. The Morgan fingerprint density at radius 2 is 2.10 bits per heavy atom. The summed E-state index contributed by atoms with van der Waals surface area (Å²) in [7, 11) is 0. The van der Waals surface area contributed by atoms with Crippen molar-refractivity contribution in [2.45, 2.75) is 25.8 Å². The molecule has 108 valence electrons. The van der Waals surface area contributed by atoms with E-state index in [4.69, 9.17) is 0 Å². The standard InChI is InChI=1S/C16H22N2O2/c1-2-15-14-9-17-8-12(14)10-18(15)16(20)7-11-3-5-13(19)6-4-11/h3-6,12,14-15,17,19H,2,7-10H2,1H3. The van der Waals surface area contributed by atoms with E-state index in [1.54, 1.807) is 12.1 Å². The summed E-state index contributed by atoms with van der Waals surface area (Å²) >= 11 is 0. The van der Waals surface area contributed by atoms with Crippen LogP contribution in [0.2, 0.25) is 0 Å². The first-order valence-corrected chi connectivity index (χ1v) is 7.47. The van der Waals surface area contributed by atoms with E-state index in [-0.39, 0.29) is 11.7 Å². The second kappa shape index (κ2) is 5.44. The Morgan fingerprint density at radius 1 is 1.35 bits per heavy atom. The lowest BCUT2D eigenvalue weighted by Gasteiger charge is -2.27. The number of hydrogen-bond acceptors (Lipinski definition) is 3. The van der Waals surface area contributed by atoms with Crippen LogP contribution in [-0.4, -0.2) is 41.6 Å². The largest absolute Gasteiger partial charge is 0.508 e. The highest BCUT2D eigenvalue weighted by atomic mass is 16.3. The molecular weight excluding hydrogens is 252 g/mol. The van der Waals surface area contributed by atoms with Crippen LogP contribution in [0.15, 0.2) is 24.3 Å². The van der Waals surface area contributed by atoms with Crippen LogP contribution in [0, 0.1) is 11.8 Å². The number of benzene rings is 1. The molecule has 20 heavy (non-hydrogen) atoms. The Morgan fingerprint density at radius 3 is 2.80 bits per heavy atom. The van der Waals surface area contributed by atoms with Crippen LogP contribution < -0.4 is 5.32 Å². The van der Waals surface area contributed by atoms with E-state index >= 15 is 0 Å². The van der Waals surface area contributed by atoms with Gasteiger partial charge in [0.2, 0.25) is 5.91 Å². The van der Waals surface area contributed by atoms with Gasteiger partial charge < -0.3 is 15.3 Å². The Labute approximate surface area is 119 Å². The Kier molecular flexibility index (Phi) is 3.66. The van der Waals surface area contributed by atoms with Crippen molar-refractivity contribution in [3.63, 3.8) is 0 Å². The van der Waals surface area contributed by atoms with Crippen LogP contribution in [0.1, 0.15) is 18.9 Å². The van der Waals surface area contributed by atoms with Gasteiger partial charge in [-0.15, -0.1) is 0 Å². The van der Waals surface area contributed by atoms with Crippen molar-refractivity contribution in [3.8, 4) is 5.75 Å². The normalized spacial score (nSPS) is 28.6. The SMILES string of the molecule is CCC1C2CNCC2CN1C(=O)Cc1ccc(O)cc1. The average Bonchev–Trinajstić information content (AvgIpc) is 3.01. The molecule has 1 aromatic rings. The summed E-state index contributed by atoms with van der Waals surface area (Å²) in [5.74, 6) is 1.72. The number of hydrogen-bond donors (Lipinski definition) is 2. The molecule has 2 fully saturated rings. The number of phenolic OH excluding ortho intramolecular Hbond substituents is 1. The molecule has 3 unspecified atom stereocenters. The van der Waals surface area contributed by atoms with Crippen molar-refractivity contribution in [2.75, 3.05) is 19.6 Å². The van der Waals surface area contributed by atoms with Crippen LogP contribution in [0.4, 0.5) is 0 Å². The Hall–Kier alpha value is -1.55. The van der Waals surface area contributed by atoms with Gasteiger partial charge in [0.1, 0.15) is 5.75 Å². The van der Waals surface area contributed by atoms with E-state index in [1.165, 1.54) is 0 Å². The summed E-state index contributed by atoms with van der Waals surface area (Å²) in [6.45, 7) is 5.16. The van der Waals surface area contributed by atoms with E-state index in [0.717, 1.165) is 31.6 Å². The highest BCUT2D eigenvalue weighted by Crippen LogP contribution is 2.34. The fourth-order valence-electron chi connectivity index (χ4n) is 3.72. The summed E-state index contributed by atoms with van der Waals surface area (Å²) in [5, 5.41) is 12.7. The van der Waals surface area contributed by atoms with Gasteiger partial charge in [-0.25, -0.2) is 0 Å². The molecule has 2 aliphatic heterocycles. The van der Waals surface area contributed by atoms with Gasteiger partial charge in [-0.1, -0.05) is 19.1 Å². The molecule has 2 aliphatic rings. The summed E-state index contributed by atoms with van der Waals surface area (Å²) in [5.41, 5.74) is 0.970. The van der Waals surface area contributed by atoms with Gasteiger partial charge in [-0.3, -0.25) is 4.79 Å². The zero-order valence-corrected chi connectivity index (χ0v) is 11.9. The molecule has 3 atom stereocenters. The topological polar surface area (TPSA) is 52.6 Å². The number of nitrogens with one attached hydrogen (secondary N) is 1. The number of nitrogens with zero attached hydrogens (tertiary/aromatic N) is 1. The second-order valence-corrected chi connectivity index (χ2v) is 5.95. The van der Waals surface area contributed by atoms with E-state index in [0.29, 0.717) is 24.3 Å². The molecule has 2 heterocycles. The third kappa shape index (κ3) is 2.40. The fourth-order valence-corrected chi connectivity index (χ4v) is 3.72. The van der Waals surface area contributed by atoms with E-state index in [2.05, 4.69) is 17.1 Å². The molecule has 0 aliphatic carbocycles. The van der Waals surface area contributed by atoms with Crippen LogP contribution in [-0.2, 0) is 11.2 Å². The predicted molar refractivity (Wildman–Crippen MR) is 77.5 cm³/mol. The maximum absolute atomic E-state index is 12.5. The Balaban J connectivity index is 1.69. The number of phenols is 1. The van der Waals surface area contributed by atoms with Gasteiger partial charge in [0.15, 0.2) is 0 Å². The molecule has 0 saturated carbocycles. The zero-order chi connectivity index (χ0) is 14.1. The van der Waals surface area contributed by atoms with Crippen molar-refractivity contribution in [2.24, 2.45) is 11.8 Å².